The molecule has 28 heavy (non-hydrogen) atoms. The van der Waals surface area contributed by atoms with Gasteiger partial charge in [-0.05, 0) is 64.2 Å². The largest absolute Gasteiger partial charge is 2.00 e. The van der Waals surface area contributed by atoms with Crippen molar-refractivity contribution in [1.82, 2.24) is 0 Å². The second-order valence-corrected chi connectivity index (χ2v) is 21.3. The summed E-state index contributed by atoms with van der Waals surface area (Å²) < 4.78 is 30.0. The molecule has 0 heterocycles. The molecule has 0 aromatic carbocycles. The van der Waals surface area contributed by atoms with Gasteiger partial charge in [0, 0.05) is 0 Å². The van der Waals surface area contributed by atoms with Crippen molar-refractivity contribution in [3.63, 3.8) is 0 Å². The van der Waals surface area contributed by atoms with Gasteiger partial charge in [-0.2, -0.15) is 0 Å². The molecule has 8 heteroatoms. The topological polar surface area (TPSA) is 79.6 Å². The quantitative estimate of drug-likeness (QED) is 0.296. The summed E-state index contributed by atoms with van der Waals surface area (Å²) in [6.45, 7) is 35.6. The monoisotopic (exact) mass is 498 g/mol. The first kappa shape index (κ1) is 46.6. The van der Waals surface area contributed by atoms with Crippen LogP contribution in [0.4, 0.5) is 0 Å². The fourth-order valence-electron chi connectivity index (χ4n) is 0.642. The molecule has 2 aliphatic rings. The van der Waals surface area contributed by atoms with Crippen LogP contribution in [0.1, 0.15) is 0 Å². The van der Waals surface area contributed by atoms with E-state index < -0.39 is 15.2 Å². The Kier molecular flexibility index (Phi) is 63.4. The second-order valence-electron chi connectivity index (χ2n) is 5.69. The molecular weight excluding hydrogens is 472 g/mol. The smallest absolute Gasteiger partial charge is 0.346 e. The van der Waals surface area contributed by atoms with Crippen molar-refractivity contribution in [2.24, 2.45) is 0 Å². The van der Waals surface area contributed by atoms with Crippen molar-refractivity contribution < 1.29 is 52.7 Å². The maximum atomic E-state index is 7.50. The first-order chi connectivity index (χ1) is 12.2. The zero-order valence-electron chi connectivity index (χ0n) is 16.5. The Morgan fingerprint density at radius 1 is 0.429 bits per heavy atom. The molecule has 0 atom stereocenters. The molecular formula is C20H26Fe2O4Si2+2. The second kappa shape index (κ2) is 38.1. The van der Waals surface area contributed by atoms with Gasteiger partial charge in [0.15, 0.2) is 0 Å². The third-order valence-electron chi connectivity index (χ3n) is 2.94. The van der Waals surface area contributed by atoms with E-state index in [1.165, 1.54) is 0 Å². The summed E-state index contributed by atoms with van der Waals surface area (Å²) in [5.41, 5.74) is 0. The van der Waals surface area contributed by atoms with Crippen LogP contribution >= 0.6 is 0 Å². The SMILES string of the molecule is [C-]#[O+].[C-]#[O+].[C-]#[O+].[C-]#[O+].[CH2-][Si](C)(C)[Si]([CH2-])(C)C.[CH]1[CH][CH][CH][CH]1.[CH]1[CH][CH][CH][CH]1.[Fe+2].[Fe+2]. The predicted octanol–water partition coefficient (Wildman–Crippen LogP) is 4.12. The molecule has 0 aromatic heterocycles. The van der Waals surface area contributed by atoms with Crippen LogP contribution in [-0.4, -0.2) is 15.2 Å². The van der Waals surface area contributed by atoms with Gasteiger partial charge in [-0.25, -0.2) is 0 Å². The van der Waals surface area contributed by atoms with Crippen molar-refractivity contribution in [3.8, 4) is 0 Å². The van der Waals surface area contributed by atoms with Crippen molar-refractivity contribution >= 4 is 15.2 Å². The van der Waals surface area contributed by atoms with E-state index in [-0.39, 0.29) is 34.1 Å². The zero-order chi connectivity index (χ0) is 22.1. The maximum absolute atomic E-state index is 7.50. The normalized spacial score (nSPS) is 12.9. The average Bonchev–Trinajstić information content (AvgIpc) is 3.39. The minimum absolute atomic E-state index is 0. The van der Waals surface area contributed by atoms with E-state index in [4.69, 9.17) is 18.6 Å². The van der Waals surface area contributed by atoms with Crippen LogP contribution < -0.4 is 0 Å². The van der Waals surface area contributed by atoms with Gasteiger partial charge >= 0.3 is 79.3 Å². The van der Waals surface area contributed by atoms with Gasteiger partial charge < -0.3 is 13.1 Å². The van der Waals surface area contributed by atoms with Crippen LogP contribution in [0.25, 0.3) is 0 Å². The molecule has 0 N–H and O–H groups in total. The summed E-state index contributed by atoms with van der Waals surface area (Å²) in [5.74, 6) is 0. The van der Waals surface area contributed by atoms with E-state index >= 15 is 0 Å². The minimum Gasteiger partial charge on any atom is -0.346 e. The van der Waals surface area contributed by atoms with Gasteiger partial charge in [-0.15, -0.1) is 15.2 Å². The molecule has 0 aliphatic heterocycles. The van der Waals surface area contributed by atoms with Crippen molar-refractivity contribution in [2.45, 2.75) is 26.2 Å². The van der Waals surface area contributed by atoms with Gasteiger partial charge in [0.2, 0.25) is 0 Å². The molecule has 2 aliphatic carbocycles. The minimum atomic E-state index is -1.08. The summed E-state index contributed by atoms with van der Waals surface area (Å²) in [5, 5.41) is 0. The van der Waals surface area contributed by atoms with Crippen molar-refractivity contribution in [3.05, 3.63) is 104 Å². The first-order valence-electron chi connectivity index (χ1n) is 7.11. The van der Waals surface area contributed by atoms with Gasteiger partial charge in [0.1, 0.15) is 0 Å². The van der Waals surface area contributed by atoms with Gasteiger partial charge in [0.05, 0.1) is 0 Å². The summed E-state index contributed by atoms with van der Waals surface area (Å²) in [7, 11) is -2.16. The Morgan fingerprint density at radius 2 is 0.500 bits per heavy atom. The van der Waals surface area contributed by atoms with E-state index in [1.807, 2.05) is 64.2 Å². The molecule has 2 rings (SSSR count). The fourth-order valence-corrected chi connectivity index (χ4v) is 0.642. The van der Waals surface area contributed by atoms with E-state index in [2.05, 4.69) is 65.9 Å². The Bertz CT molecular complexity index is 275. The summed E-state index contributed by atoms with van der Waals surface area (Å²) in [6.07, 6.45) is 20.0. The van der Waals surface area contributed by atoms with Gasteiger partial charge in [-0.3, -0.25) is 0 Å². The third kappa shape index (κ3) is 45.3. The van der Waals surface area contributed by atoms with Gasteiger partial charge in [-0.1, -0.05) is 26.2 Å². The van der Waals surface area contributed by atoms with Crippen LogP contribution in [-0.2, 0) is 52.7 Å². The van der Waals surface area contributed by atoms with Crippen molar-refractivity contribution in [2.75, 3.05) is 0 Å². The Morgan fingerprint density at radius 3 is 0.536 bits per heavy atom. The predicted molar refractivity (Wildman–Crippen MR) is 104 cm³/mol. The molecule has 0 bridgehead atoms. The van der Waals surface area contributed by atoms with Crippen LogP contribution in [0.15, 0.2) is 0 Å². The van der Waals surface area contributed by atoms with Crippen LogP contribution in [0, 0.1) is 104 Å². The molecule has 0 saturated heterocycles. The van der Waals surface area contributed by atoms with Crippen LogP contribution in [0.5, 0.6) is 0 Å². The van der Waals surface area contributed by atoms with Gasteiger partial charge in [0.25, 0.3) is 0 Å². The van der Waals surface area contributed by atoms with E-state index in [0.717, 1.165) is 0 Å². The molecule has 0 amide bonds. The fraction of sp³-hybridized carbons (Fsp3) is 0.200. The molecule has 2 saturated carbocycles. The van der Waals surface area contributed by atoms with Crippen molar-refractivity contribution in [1.29, 1.82) is 0 Å². The first-order valence-corrected chi connectivity index (χ1v) is 14.5. The van der Waals surface area contributed by atoms with E-state index in [1.54, 1.807) is 0 Å². The molecule has 10 radical (unpaired) electrons. The zero-order valence-corrected chi connectivity index (χ0v) is 20.7. The molecule has 0 spiro atoms. The molecule has 152 valence electrons. The molecule has 0 aromatic rings. The summed E-state index contributed by atoms with van der Waals surface area (Å²) in [4.78, 5) is 0. The van der Waals surface area contributed by atoms with E-state index in [9.17, 15) is 0 Å². The van der Waals surface area contributed by atoms with Crippen LogP contribution in [0.2, 0.25) is 26.2 Å². The van der Waals surface area contributed by atoms with E-state index in [0.29, 0.717) is 0 Å². The Labute approximate surface area is 197 Å². The Balaban J connectivity index is -0.0000000394. The number of hydrogen-bond acceptors (Lipinski definition) is 0. The number of hydrogen-bond donors (Lipinski definition) is 0. The third-order valence-corrected chi connectivity index (χ3v) is 17.6. The van der Waals surface area contributed by atoms with Crippen LogP contribution in [0.3, 0.4) is 0 Å². The summed E-state index contributed by atoms with van der Waals surface area (Å²) in [6, 6.07) is 0. The maximum Gasteiger partial charge on any atom is 2.00 e. The molecule has 4 nitrogen and oxygen atoms in total. The summed E-state index contributed by atoms with van der Waals surface area (Å²) >= 11 is 0. The Hall–Kier alpha value is 0.433. The molecule has 2 fully saturated rings. The average molecular weight is 498 g/mol. The number of rotatable bonds is 1. The molecule has 0 unspecified atom stereocenters. The standard InChI is InChI=1S/C6H16Si2.2C5H5.4CO.2Fe/c1-7(2,3)8(4,5)6;2*1-2-4-5-3-1;4*1-2;;/h1,4H2,2-3,5-6H3;2*1-5H;;;;;;/q-2;;;;;;;2*+2.